The molecule has 0 radical (unpaired) electrons. The normalized spacial score (nSPS) is 18.4. The Bertz CT molecular complexity index is 247. The van der Waals surface area contributed by atoms with E-state index in [2.05, 4.69) is 24.3 Å². The summed E-state index contributed by atoms with van der Waals surface area (Å²) in [5.41, 5.74) is 0.211. The first-order valence-electron chi connectivity index (χ1n) is 6.06. The number of urea groups is 1. The minimum absolute atomic E-state index is 0.0307. The van der Waals surface area contributed by atoms with Crippen molar-refractivity contribution in [2.75, 3.05) is 27.7 Å². The third kappa shape index (κ3) is 2.88. The van der Waals surface area contributed by atoms with Crippen LogP contribution in [0.25, 0.3) is 0 Å². The van der Waals surface area contributed by atoms with Gasteiger partial charge in [0.15, 0.2) is 0 Å². The lowest BCUT2D eigenvalue weighted by Gasteiger charge is -2.49. The molecule has 0 aliphatic heterocycles. The molecule has 0 unspecified atom stereocenters. The molecule has 1 fully saturated rings. The fourth-order valence-corrected chi connectivity index (χ4v) is 2.20. The molecule has 0 saturated heterocycles. The predicted molar refractivity (Wildman–Crippen MR) is 66.6 cm³/mol. The number of rotatable bonds is 4. The monoisotopic (exact) mass is 227 g/mol. The van der Waals surface area contributed by atoms with E-state index in [1.165, 1.54) is 19.3 Å². The molecular weight excluding hydrogens is 202 g/mol. The number of hydrogen-bond acceptors (Lipinski definition) is 2. The van der Waals surface area contributed by atoms with Gasteiger partial charge in [0.2, 0.25) is 0 Å². The molecule has 0 bridgehead atoms. The Morgan fingerprint density at radius 1 is 1.31 bits per heavy atom. The molecule has 0 aromatic carbocycles. The Hall–Kier alpha value is -0.770. The minimum Gasteiger partial charge on any atom is -0.336 e. The van der Waals surface area contributed by atoms with Gasteiger partial charge in [-0.05, 0) is 47.2 Å². The van der Waals surface area contributed by atoms with Crippen LogP contribution in [0, 0.1) is 0 Å². The number of carbonyl (C=O) groups is 1. The molecule has 4 nitrogen and oxygen atoms in total. The first-order valence-corrected chi connectivity index (χ1v) is 6.06. The highest BCUT2D eigenvalue weighted by molar-refractivity contribution is 5.74. The molecule has 4 heteroatoms. The van der Waals surface area contributed by atoms with Crippen molar-refractivity contribution in [1.82, 2.24) is 15.1 Å². The predicted octanol–water partition coefficient (Wildman–Crippen LogP) is 1.52. The van der Waals surface area contributed by atoms with Crippen LogP contribution in [0.3, 0.4) is 0 Å². The smallest absolute Gasteiger partial charge is 0.317 e. The van der Waals surface area contributed by atoms with Crippen molar-refractivity contribution in [3.8, 4) is 0 Å². The molecule has 94 valence electrons. The zero-order valence-electron chi connectivity index (χ0n) is 11.2. The quantitative estimate of drug-likeness (QED) is 0.790. The van der Waals surface area contributed by atoms with Gasteiger partial charge in [0.05, 0.1) is 0 Å². The molecule has 0 atom stereocenters. The van der Waals surface area contributed by atoms with Gasteiger partial charge in [-0.2, -0.15) is 0 Å². The van der Waals surface area contributed by atoms with E-state index in [4.69, 9.17) is 0 Å². The summed E-state index contributed by atoms with van der Waals surface area (Å²) in [6, 6.07) is 0.231. The van der Waals surface area contributed by atoms with Crippen molar-refractivity contribution in [1.29, 1.82) is 0 Å². The van der Waals surface area contributed by atoms with Crippen LogP contribution in [0.5, 0.6) is 0 Å². The van der Waals surface area contributed by atoms with Crippen molar-refractivity contribution in [3.05, 3.63) is 0 Å². The summed E-state index contributed by atoms with van der Waals surface area (Å²) < 4.78 is 0. The molecule has 0 aromatic rings. The van der Waals surface area contributed by atoms with Crippen molar-refractivity contribution < 1.29 is 4.79 Å². The molecule has 1 N–H and O–H groups in total. The first-order chi connectivity index (χ1) is 7.37. The summed E-state index contributed by atoms with van der Waals surface area (Å²) in [7, 11) is 6.09. The van der Waals surface area contributed by atoms with E-state index in [0.717, 1.165) is 6.54 Å². The maximum atomic E-state index is 11.8. The highest BCUT2D eigenvalue weighted by atomic mass is 16.2. The van der Waals surface area contributed by atoms with Gasteiger partial charge < -0.3 is 15.1 Å². The fraction of sp³-hybridized carbons (Fsp3) is 0.917. The molecule has 0 aromatic heterocycles. The van der Waals surface area contributed by atoms with Gasteiger partial charge >= 0.3 is 6.03 Å². The molecule has 1 saturated carbocycles. The molecule has 1 aliphatic rings. The maximum Gasteiger partial charge on any atom is 0.317 e. The SMILES string of the molecule is CC(C)NC(=O)N(C)CC1(N(C)C)CCC1. The number of nitrogens with zero attached hydrogens (tertiary/aromatic N) is 2. The van der Waals surface area contributed by atoms with Gasteiger partial charge in [-0.15, -0.1) is 0 Å². The lowest BCUT2D eigenvalue weighted by molar-refractivity contribution is 0.0362. The van der Waals surface area contributed by atoms with Crippen LogP contribution in [0.1, 0.15) is 33.1 Å². The summed E-state index contributed by atoms with van der Waals surface area (Å²) >= 11 is 0. The highest BCUT2D eigenvalue weighted by Gasteiger charge is 2.40. The van der Waals surface area contributed by atoms with Crippen molar-refractivity contribution in [3.63, 3.8) is 0 Å². The van der Waals surface area contributed by atoms with Gasteiger partial charge in [-0.3, -0.25) is 0 Å². The van der Waals surface area contributed by atoms with Gasteiger partial charge in [-0.25, -0.2) is 4.79 Å². The molecule has 0 heterocycles. The van der Waals surface area contributed by atoms with E-state index in [0.29, 0.717) is 0 Å². The van der Waals surface area contributed by atoms with Crippen LogP contribution in [0.2, 0.25) is 0 Å². The third-order valence-corrected chi connectivity index (χ3v) is 3.52. The number of amides is 2. The lowest BCUT2D eigenvalue weighted by Crippen LogP contribution is -2.58. The van der Waals surface area contributed by atoms with Gasteiger partial charge in [0.1, 0.15) is 0 Å². The van der Waals surface area contributed by atoms with E-state index in [1.807, 2.05) is 20.9 Å². The highest BCUT2D eigenvalue weighted by Crippen LogP contribution is 2.36. The second kappa shape index (κ2) is 5.04. The largest absolute Gasteiger partial charge is 0.336 e. The Morgan fingerprint density at radius 2 is 1.88 bits per heavy atom. The lowest BCUT2D eigenvalue weighted by atomic mass is 9.75. The van der Waals surface area contributed by atoms with Crippen LogP contribution < -0.4 is 5.32 Å². The molecule has 2 amide bonds. The summed E-state index contributed by atoms with van der Waals surface area (Å²) in [6.07, 6.45) is 3.66. The van der Waals surface area contributed by atoms with Gasteiger partial charge in [0.25, 0.3) is 0 Å². The maximum absolute atomic E-state index is 11.8. The van der Waals surface area contributed by atoms with Crippen molar-refractivity contribution in [2.24, 2.45) is 0 Å². The Balaban J connectivity index is 2.49. The first kappa shape index (κ1) is 13.3. The molecule has 1 aliphatic carbocycles. The van der Waals surface area contributed by atoms with E-state index < -0.39 is 0 Å². The second-order valence-electron chi connectivity index (χ2n) is 5.43. The zero-order chi connectivity index (χ0) is 12.3. The van der Waals surface area contributed by atoms with Crippen LogP contribution in [-0.4, -0.2) is 55.1 Å². The average Bonchev–Trinajstić information content (AvgIpc) is 2.08. The van der Waals surface area contributed by atoms with Gasteiger partial charge in [-0.1, -0.05) is 0 Å². The van der Waals surface area contributed by atoms with Gasteiger partial charge in [0, 0.05) is 25.2 Å². The molecule has 0 spiro atoms. The number of carbonyl (C=O) groups excluding carboxylic acids is 1. The van der Waals surface area contributed by atoms with Crippen molar-refractivity contribution >= 4 is 6.03 Å². The molecule has 16 heavy (non-hydrogen) atoms. The summed E-state index contributed by atoms with van der Waals surface area (Å²) in [5, 5.41) is 2.92. The molecule has 1 rings (SSSR count). The Morgan fingerprint density at radius 3 is 2.19 bits per heavy atom. The van der Waals surface area contributed by atoms with E-state index in [1.54, 1.807) is 4.90 Å². The summed E-state index contributed by atoms with van der Waals surface area (Å²) in [6.45, 7) is 4.78. The van der Waals surface area contributed by atoms with Crippen LogP contribution >= 0.6 is 0 Å². The standard InChI is InChI=1S/C12H25N3O/c1-10(2)13-11(16)15(5)9-12(14(3)4)7-6-8-12/h10H,6-9H2,1-5H3,(H,13,16). The fourth-order valence-electron chi connectivity index (χ4n) is 2.20. The van der Waals surface area contributed by atoms with Crippen LogP contribution in [0.4, 0.5) is 4.79 Å². The van der Waals surface area contributed by atoms with E-state index in [9.17, 15) is 4.79 Å². The van der Waals surface area contributed by atoms with Crippen LogP contribution in [0.15, 0.2) is 0 Å². The Labute approximate surface area is 99.0 Å². The second-order valence-corrected chi connectivity index (χ2v) is 5.43. The number of nitrogens with one attached hydrogen (secondary N) is 1. The Kier molecular flexibility index (Phi) is 4.19. The summed E-state index contributed by atoms with van der Waals surface area (Å²) in [4.78, 5) is 15.9. The minimum atomic E-state index is 0.0307. The van der Waals surface area contributed by atoms with E-state index in [-0.39, 0.29) is 17.6 Å². The average molecular weight is 227 g/mol. The zero-order valence-corrected chi connectivity index (χ0v) is 11.2. The molecular formula is C12H25N3O. The topological polar surface area (TPSA) is 35.6 Å². The number of hydrogen-bond donors (Lipinski definition) is 1. The van der Waals surface area contributed by atoms with Crippen molar-refractivity contribution in [2.45, 2.75) is 44.7 Å². The van der Waals surface area contributed by atoms with Crippen LogP contribution in [-0.2, 0) is 0 Å². The third-order valence-electron chi connectivity index (χ3n) is 3.52. The summed E-state index contributed by atoms with van der Waals surface area (Å²) in [5.74, 6) is 0. The number of likely N-dealkylation sites (N-methyl/N-ethyl adjacent to an activating group) is 2. The van der Waals surface area contributed by atoms with E-state index >= 15 is 0 Å².